The van der Waals surface area contributed by atoms with Gasteiger partial charge in [-0.25, -0.2) is 9.97 Å². The Morgan fingerprint density at radius 2 is 1.68 bits per heavy atom. The number of hydrogen-bond acceptors (Lipinski definition) is 5. The summed E-state index contributed by atoms with van der Waals surface area (Å²) in [6.45, 7) is 5.98. The zero-order chi connectivity index (χ0) is 18.8. The molecule has 2 aliphatic heterocycles. The molecule has 144 valence electrons. The predicted octanol–water partition coefficient (Wildman–Crippen LogP) is 3.60. The maximum atomic E-state index is 5.80. The van der Waals surface area contributed by atoms with Crippen LogP contribution in [0.25, 0.3) is 22.2 Å². The molecule has 0 aliphatic carbocycles. The van der Waals surface area contributed by atoms with Crippen LogP contribution in [0.4, 0.5) is 5.95 Å². The highest BCUT2D eigenvalue weighted by molar-refractivity contribution is 5.93. The summed E-state index contributed by atoms with van der Waals surface area (Å²) in [4.78, 5) is 14.7. The molecule has 0 radical (unpaired) electrons. The topological polar surface area (TPSA) is 41.5 Å². The van der Waals surface area contributed by atoms with Gasteiger partial charge in [-0.2, -0.15) is 0 Å². The number of rotatable bonds is 4. The zero-order valence-corrected chi connectivity index (χ0v) is 16.1. The van der Waals surface area contributed by atoms with E-state index in [1.165, 1.54) is 12.8 Å². The Morgan fingerprint density at radius 3 is 2.46 bits per heavy atom. The van der Waals surface area contributed by atoms with Crippen molar-refractivity contribution in [3.8, 4) is 11.3 Å². The van der Waals surface area contributed by atoms with Gasteiger partial charge in [-0.05, 0) is 18.9 Å². The molecule has 0 spiro atoms. The van der Waals surface area contributed by atoms with Crippen molar-refractivity contribution in [2.24, 2.45) is 0 Å². The third-order valence-corrected chi connectivity index (χ3v) is 5.78. The Balaban J connectivity index is 1.39. The molecule has 0 saturated carbocycles. The number of anilines is 1. The van der Waals surface area contributed by atoms with Crippen molar-refractivity contribution in [1.29, 1.82) is 0 Å². The molecule has 0 bridgehead atoms. The Morgan fingerprint density at radius 1 is 0.893 bits per heavy atom. The van der Waals surface area contributed by atoms with E-state index in [0.717, 1.165) is 67.4 Å². The molecule has 1 atom stereocenters. The molecule has 0 N–H and O–H groups in total. The van der Waals surface area contributed by atoms with E-state index < -0.39 is 0 Å². The van der Waals surface area contributed by atoms with Crippen LogP contribution in [0.5, 0.6) is 0 Å². The fourth-order valence-electron chi connectivity index (χ4n) is 4.23. The van der Waals surface area contributed by atoms with Crippen molar-refractivity contribution in [3.63, 3.8) is 0 Å². The van der Waals surface area contributed by atoms with Crippen LogP contribution in [0.2, 0.25) is 0 Å². The average Bonchev–Trinajstić information content (AvgIpc) is 3.27. The van der Waals surface area contributed by atoms with Gasteiger partial charge in [0.2, 0.25) is 5.95 Å². The minimum Gasteiger partial charge on any atom is -0.377 e. The summed E-state index contributed by atoms with van der Waals surface area (Å²) in [7, 11) is 0. The SMILES string of the molecule is c1ccc(-c2nc(N3CCN(C[C@H]4CCCO4)CC3)nc3ccccc23)cc1. The number of fused-ring (bicyclic) bond motifs is 1. The molecule has 0 amide bonds. The summed E-state index contributed by atoms with van der Waals surface area (Å²) in [5.74, 6) is 0.842. The number of ether oxygens (including phenoxy) is 1. The van der Waals surface area contributed by atoms with Crippen LogP contribution in [0.15, 0.2) is 54.6 Å². The van der Waals surface area contributed by atoms with E-state index in [0.29, 0.717) is 6.10 Å². The fourth-order valence-corrected chi connectivity index (χ4v) is 4.23. The number of aromatic nitrogens is 2. The summed E-state index contributed by atoms with van der Waals surface area (Å²) < 4.78 is 5.80. The summed E-state index contributed by atoms with van der Waals surface area (Å²) in [6, 6.07) is 18.7. The Kier molecular flexibility index (Phi) is 4.93. The van der Waals surface area contributed by atoms with E-state index in [-0.39, 0.29) is 0 Å². The predicted molar refractivity (Wildman–Crippen MR) is 113 cm³/mol. The van der Waals surface area contributed by atoms with Crippen molar-refractivity contribution in [1.82, 2.24) is 14.9 Å². The number of para-hydroxylation sites is 1. The van der Waals surface area contributed by atoms with Crippen LogP contribution in [-0.2, 0) is 4.74 Å². The average molecular weight is 374 g/mol. The lowest BCUT2D eigenvalue weighted by molar-refractivity contribution is 0.0712. The van der Waals surface area contributed by atoms with Crippen molar-refractivity contribution in [2.75, 3.05) is 44.2 Å². The monoisotopic (exact) mass is 374 g/mol. The van der Waals surface area contributed by atoms with Crippen LogP contribution >= 0.6 is 0 Å². The van der Waals surface area contributed by atoms with Crippen molar-refractivity contribution in [2.45, 2.75) is 18.9 Å². The van der Waals surface area contributed by atoms with Gasteiger partial charge in [0.15, 0.2) is 0 Å². The molecule has 2 fully saturated rings. The molecule has 3 aromatic rings. The van der Waals surface area contributed by atoms with Gasteiger partial charge in [-0.1, -0.05) is 48.5 Å². The first-order chi connectivity index (χ1) is 13.9. The smallest absolute Gasteiger partial charge is 0.226 e. The lowest BCUT2D eigenvalue weighted by Gasteiger charge is -2.35. The maximum absolute atomic E-state index is 5.80. The number of piperazine rings is 1. The molecular weight excluding hydrogens is 348 g/mol. The Hall–Kier alpha value is -2.50. The minimum absolute atomic E-state index is 0.424. The van der Waals surface area contributed by atoms with Crippen molar-refractivity contribution in [3.05, 3.63) is 54.6 Å². The van der Waals surface area contributed by atoms with Gasteiger partial charge < -0.3 is 9.64 Å². The van der Waals surface area contributed by atoms with Gasteiger partial charge in [0.05, 0.1) is 17.3 Å². The van der Waals surface area contributed by atoms with E-state index in [1.54, 1.807) is 0 Å². The third kappa shape index (κ3) is 3.60. The minimum atomic E-state index is 0.424. The first-order valence-corrected chi connectivity index (χ1v) is 10.3. The van der Waals surface area contributed by atoms with E-state index in [4.69, 9.17) is 14.7 Å². The summed E-state index contributed by atoms with van der Waals surface area (Å²) in [6.07, 6.45) is 2.83. The first kappa shape index (κ1) is 17.6. The lowest BCUT2D eigenvalue weighted by Crippen LogP contribution is -2.49. The first-order valence-electron chi connectivity index (χ1n) is 10.3. The van der Waals surface area contributed by atoms with E-state index in [1.807, 2.05) is 12.1 Å². The van der Waals surface area contributed by atoms with Gasteiger partial charge in [0, 0.05) is 50.3 Å². The van der Waals surface area contributed by atoms with Gasteiger partial charge in [-0.3, -0.25) is 4.90 Å². The molecule has 5 heteroatoms. The molecule has 1 aromatic heterocycles. The highest BCUT2D eigenvalue weighted by atomic mass is 16.5. The van der Waals surface area contributed by atoms with Crippen LogP contribution in [0.1, 0.15) is 12.8 Å². The Labute approximate surface area is 166 Å². The molecule has 2 saturated heterocycles. The fraction of sp³-hybridized carbons (Fsp3) is 0.391. The quantitative estimate of drug-likeness (QED) is 0.698. The largest absolute Gasteiger partial charge is 0.377 e. The molecule has 2 aliphatic rings. The second-order valence-corrected chi connectivity index (χ2v) is 7.68. The van der Waals surface area contributed by atoms with E-state index in [9.17, 15) is 0 Å². The van der Waals surface area contributed by atoms with Gasteiger partial charge in [0.1, 0.15) is 0 Å². The van der Waals surface area contributed by atoms with Crippen molar-refractivity contribution < 1.29 is 4.74 Å². The van der Waals surface area contributed by atoms with Crippen LogP contribution < -0.4 is 4.90 Å². The van der Waals surface area contributed by atoms with Crippen LogP contribution in [-0.4, -0.2) is 60.3 Å². The summed E-state index contributed by atoms with van der Waals surface area (Å²) in [5.41, 5.74) is 3.16. The molecule has 28 heavy (non-hydrogen) atoms. The second kappa shape index (κ2) is 7.86. The third-order valence-electron chi connectivity index (χ3n) is 5.78. The Bertz CT molecular complexity index is 932. The van der Waals surface area contributed by atoms with E-state index in [2.05, 4.69) is 52.3 Å². The maximum Gasteiger partial charge on any atom is 0.226 e. The van der Waals surface area contributed by atoms with Crippen molar-refractivity contribution >= 4 is 16.9 Å². The molecule has 5 rings (SSSR count). The molecular formula is C23H26N4O. The van der Waals surface area contributed by atoms with Crippen LogP contribution in [0.3, 0.4) is 0 Å². The number of benzene rings is 2. The molecule has 0 unspecified atom stereocenters. The normalized spacial score (nSPS) is 20.7. The standard InChI is InChI=1S/C23H26N4O/c1-2-7-18(8-3-1)22-20-10-4-5-11-21(20)24-23(25-22)27-14-12-26(13-15-27)17-19-9-6-16-28-19/h1-5,7-8,10-11,19H,6,9,12-17H2/t19-/m1/s1. The van der Waals surface area contributed by atoms with Crippen LogP contribution in [0, 0.1) is 0 Å². The zero-order valence-electron chi connectivity index (χ0n) is 16.1. The van der Waals surface area contributed by atoms with Gasteiger partial charge in [0.25, 0.3) is 0 Å². The highest BCUT2D eigenvalue weighted by Gasteiger charge is 2.24. The molecule has 5 nitrogen and oxygen atoms in total. The highest BCUT2D eigenvalue weighted by Crippen LogP contribution is 2.28. The van der Waals surface area contributed by atoms with E-state index >= 15 is 0 Å². The lowest BCUT2D eigenvalue weighted by atomic mass is 10.1. The second-order valence-electron chi connectivity index (χ2n) is 7.68. The number of hydrogen-bond donors (Lipinski definition) is 0. The molecule has 3 heterocycles. The number of nitrogens with zero attached hydrogens (tertiary/aromatic N) is 4. The summed E-state index contributed by atoms with van der Waals surface area (Å²) >= 11 is 0. The van der Waals surface area contributed by atoms with Gasteiger partial charge in [-0.15, -0.1) is 0 Å². The van der Waals surface area contributed by atoms with Gasteiger partial charge >= 0.3 is 0 Å². The molecule has 2 aromatic carbocycles. The summed E-state index contributed by atoms with van der Waals surface area (Å²) in [5, 5.41) is 1.11.